The number of nitrogens with zero attached hydrogens (tertiary/aromatic N) is 1. The lowest BCUT2D eigenvalue weighted by Crippen LogP contribution is -2.30. The van der Waals surface area contributed by atoms with Crippen molar-refractivity contribution in [3.8, 4) is 0 Å². The SMILES string of the molecule is NC(=O)c1ccc(N2CCCCC2)c(NC(=O)c2ccc3c(c2)CCCC3)c1. The molecular formula is C23H27N3O2. The summed E-state index contributed by atoms with van der Waals surface area (Å²) in [5, 5.41) is 3.04. The molecule has 0 aromatic heterocycles. The van der Waals surface area contributed by atoms with E-state index in [4.69, 9.17) is 5.73 Å². The van der Waals surface area contributed by atoms with Crippen LogP contribution < -0.4 is 16.0 Å². The van der Waals surface area contributed by atoms with Crippen molar-refractivity contribution in [1.82, 2.24) is 0 Å². The van der Waals surface area contributed by atoms with Gasteiger partial charge in [-0.05, 0) is 86.4 Å². The summed E-state index contributed by atoms with van der Waals surface area (Å²) in [4.78, 5) is 26.9. The van der Waals surface area contributed by atoms with Crippen LogP contribution in [0.3, 0.4) is 0 Å². The number of piperidine rings is 1. The van der Waals surface area contributed by atoms with Crippen molar-refractivity contribution in [1.29, 1.82) is 0 Å². The van der Waals surface area contributed by atoms with Crippen molar-refractivity contribution in [3.63, 3.8) is 0 Å². The molecule has 0 bridgehead atoms. The number of nitrogens with one attached hydrogen (secondary N) is 1. The third-order valence-corrected chi connectivity index (χ3v) is 5.84. The second-order valence-corrected chi connectivity index (χ2v) is 7.79. The molecule has 2 aliphatic rings. The van der Waals surface area contributed by atoms with Crippen LogP contribution in [0.1, 0.15) is 63.9 Å². The van der Waals surface area contributed by atoms with Crippen LogP contribution in [0.4, 0.5) is 11.4 Å². The Morgan fingerprint density at radius 2 is 1.54 bits per heavy atom. The van der Waals surface area contributed by atoms with Crippen LogP contribution in [0.5, 0.6) is 0 Å². The molecule has 0 spiro atoms. The highest BCUT2D eigenvalue weighted by molar-refractivity contribution is 6.07. The van der Waals surface area contributed by atoms with E-state index in [1.54, 1.807) is 12.1 Å². The lowest BCUT2D eigenvalue weighted by molar-refractivity contribution is 0.0996. The fraction of sp³-hybridized carbons (Fsp3) is 0.391. The molecule has 1 heterocycles. The number of amides is 2. The molecule has 4 rings (SSSR count). The van der Waals surface area contributed by atoms with E-state index in [0.717, 1.165) is 44.5 Å². The van der Waals surface area contributed by atoms with Crippen LogP contribution >= 0.6 is 0 Å². The maximum absolute atomic E-state index is 13.0. The van der Waals surface area contributed by atoms with Gasteiger partial charge < -0.3 is 16.0 Å². The number of anilines is 2. The van der Waals surface area contributed by atoms with E-state index in [0.29, 0.717) is 16.8 Å². The van der Waals surface area contributed by atoms with E-state index in [-0.39, 0.29) is 5.91 Å². The van der Waals surface area contributed by atoms with Gasteiger partial charge in [0.05, 0.1) is 11.4 Å². The Labute approximate surface area is 165 Å². The second kappa shape index (κ2) is 8.05. The molecule has 5 nitrogen and oxygen atoms in total. The Morgan fingerprint density at radius 3 is 2.29 bits per heavy atom. The first-order chi connectivity index (χ1) is 13.6. The number of primary amides is 1. The van der Waals surface area contributed by atoms with Crippen LogP contribution in [-0.2, 0) is 12.8 Å². The fourth-order valence-electron chi connectivity index (χ4n) is 4.27. The Balaban J connectivity index is 1.62. The molecule has 0 radical (unpaired) electrons. The lowest BCUT2D eigenvalue weighted by atomic mass is 9.90. The zero-order valence-corrected chi connectivity index (χ0v) is 16.2. The minimum atomic E-state index is -0.491. The maximum Gasteiger partial charge on any atom is 0.255 e. The van der Waals surface area contributed by atoms with Gasteiger partial charge in [0.25, 0.3) is 5.91 Å². The summed E-state index contributed by atoms with van der Waals surface area (Å²) in [7, 11) is 0. The number of nitrogens with two attached hydrogens (primary N) is 1. The summed E-state index contributed by atoms with van der Waals surface area (Å²) < 4.78 is 0. The van der Waals surface area contributed by atoms with Gasteiger partial charge in [0, 0.05) is 24.2 Å². The highest BCUT2D eigenvalue weighted by Crippen LogP contribution is 2.30. The second-order valence-electron chi connectivity index (χ2n) is 7.79. The summed E-state index contributed by atoms with van der Waals surface area (Å²) in [6, 6.07) is 11.3. The average Bonchev–Trinajstić information content (AvgIpc) is 2.74. The number of carbonyl (C=O) groups excluding carboxylic acids is 2. The number of aryl methyl sites for hydroxylation is 2. The topological polar surface area (TPSA) is 75.4 Å². The van der Waals surface area contributed by atoms with Gasteiger partial charge in [-0.1, -0.05) is 6.07 Å². The zero-order valence-electron chi connectivity index (χ0n) is 16.2. The van der Waals surface area contributed by atoms with Crippen LogP contribution in [-0.4, -0.2) is 24.9 Å². The number of benzene rings is 2. The van der Waals surface area contributed by atoms with Crippen molar-refractivity contribution in [3.05, 3.63) is 58.7 Å². The Hall–Kier alpha value is -2.82. The molecule has 5 heteroatoms. The van der Waals surface area contributed by atoms with Crippen LogP contribution in [0.15, 0.2) is 36.4 Å². The van der Waals surface area contributed by atoms with E-state index < -0.39 is 5.91 Å². The van der Waals surface area contributed by atoms with Crippen LogP contribution in [0.2, 0.25) is 0 Å². The molecule has 3 N–H and O–H groups in total. The summed E-state index contributed by atoms with van der Waals surface area (Å²) >= 11 is 0. The van der Waals surface area contributed by atoms with Gasteiger partial charge in [-0.2, -0.15) is 0 Å². The number of hydrogen-bond donors (Lipinski definition) is 2. The minimum Gasteiger partial charge on any atom is -0.370 e. The van der Waals surface area contributed by atoms with Crippen LogP contribution in [0.25, 0.3) is 0 Å². The quantitative estimate of drug-likeness (QED) is 0.848. The first kappa shape index (κ1) is 18.5. The Kier molecular flexibility index (Phi) is 5.33. The maximum atomic E-state index is 13.0. The molecule has 146 valence electrons. The van der Waals surface area contributed by atoms with E-state index >= 15 is 0 Å². The molecule has 1 aliphatic heterocycles. The molecular weight excluding hydrogens is 350 g/mol. The zero-order chi connectivity index (χ0) is 19.5. The van der Waals surface area contributed by atoms with Gasteiger partial charge in [-0.25, -0.2) is 0 Å². The molecule has 0 atom stereocenters. The summed E-state index contributed by atoms with van der Waals surface area (Å²) in [6.45, 7) is 1.91. The predicted octanol–water partition coefficient (Wildman–Crippen LogP) is 3.91. The molecule has 1 fully saturated rings. The van der Waals surface area contributed by atoms with Crippen molar-refractivity contribution < 1.29 is 9.59 Å². The lowest BCUT2D eigenvalue weighted by Gasteiger charge is -2.30. The molecule has 2 amide bonds. The number of hydrogen-bond acceptors (Lipinski definition) is 3. The van der Waals surface area contributed by atoms with Gasteiger partial charge in [0.15, 0.2) is 0 Å². The van der Waals surface area contributed by atoms with Crippen molar-refractivity contribution in [2.45, 2.75) is 44.9 Å². The Bertz CT molecular complexity index is 901. The monoisotopic (exact) mass is 377 g/mol. The van der Waals surface area contributed by atoms with E-state index in [1.165, 1.54) is 30.4 Å². The summed E-state index contributed by atoms with van der Waals surface area (Å²) in [5.41, 5.74) is 10.8. The highest BCUT2D eigenvalue weighted by Gasteiger charge is 2.19. The highest BCUT2D eigenvalue weighted by atomic mass is 16.2. The molecule has 0 unspecified atom stereocenters. The normalized spacial score (nSPS) is 16.4. The number of fused-ring (bicyclic) bond motifs is 1. The third kappa shape index (κ3) is 3.88. The van der Waals surface area contributed by atoms with Crippen molar-refractivity contribution in [2.24, 2.45) is 5.73 Å². The summed E-state index contributed by atoms with van der Waals surface area (Å²) in [6.07, 6.45) is 8.03. The largest absolute Gasteiger partial charge is 0.370 e. The van der Waals surface area contributed by atoms with Gasteiger partial charge in [-0.3, -0.25) is 9.59 Å². The minimum absolute atomic E-state index is 0.145. The van der Waals surface area contributed by atoms with Gasteiger partial charge in [0.2, 0.25) is 5.91 Å². The number of rotatable bonds is 4. The van der Waals surface area contributed by atoms with E-state index in [2.05, 4.69) is 16.3 Å². The standard InChI is InChI=1S/C23H27N3O2/c24-22(27)18-10-11-21(26-12-4-1-5-13-26)20(15-18)25-23(28)19-9-8-16-6-2-3-7-17(16)14-19/h8-11,14-15H,1-7,12-13H2,(H2,24,27)(H,25,28). The van der Waals surface area contributed by atoms with E-state index in [9.17, 15) is 9.59 Å². The molecule has 1 saturated heterocycles. The van der Waals surface area contributed by atoms with Crippen LogP contribution in [0, 0.1) is 0 Å². The first-order valence-corrected chi connectivity index (χ1v) is 10.2. The van der Waals surface area contributed by atoms with Crippen molar-refractivity contribution in [2.75, 3.05) is 23.3 Å². The number of carbonyl (C=O) groups is 2. The summed E-state index contributed by atoms with van der Waals surface area (Å²) in [5.74, 6) is -0.636. The average molecular weight is 377 g/mol. The third-order valence-electron chi connectivity index (χ3n) is 5.84. The molecule has 28 heavy (non-hydrogen) atoms. The molecule has 0 saturated carbocycles. The van der Waals surface area contributed by atoms with Crippen molar-refractivity contribution >= 4 is 23.2 Å². The smallest absolute Gasteiger partial charge is 0.255 e. The predicted molar refractivity (Wildman–Crippen MR) is 112 cm³/mol. The van der Waals surface area contributed by atoms with E-state index in [1.807, 2.05) is 18.2 Å². The Morgan fingerprint density at radius 1 is 0.821 bits per heavy atom. The molecule has 2 aromatic rings. The van der Waals surface area contributed by atoms with Gasteiger partial charge in [-0.15, -0.1) is 0 Å². The first-order valence-electron chi connectivity index (χ1n) is 10.2. The fourth-order valence-corrected chi connectivity index (χ4v) is 4.27. The molecule has 1 aliphatic carbocycles. The van der Waals surface area contributed by atoms with Gasteiger partial charge in [0.1, 0.15) is 0 Å². The molecule has 2 aromatic carbocycles. The van der Waals surface area contributed by atoms with Gasteiger partial charge >= 0.3 is 0 Å².